The van der Waals surface area contributed by atoms with Crippen LogP contribution in [-0.4, -0.2) is 54.5 Å². The lowest BCUT2D eigenvalue weighted by molar-refractivity contribution is 0.00879. The Bertz CT molecular complexity index is 332. The van der Waals surface area contributed by atoms with E-state index < -0.39 is 5.60 Å². The highest BCUT2D eigenvalue weighted by atomic mass is 16.6. The number of hydrogen-bond acceptors (Lipinski definition) is 4. The number of amides is 1. The van der Waals surface area contributed by atoms with Gasteiger partial charge in [-0.1, -0.05) is 0 Å². The molecule has 0 radical (unpaired) electrons. The minimum absolute atomic E-state index is 0.0555. The highest BCUT2D eigenvalue weighted by Gasteiger charge is 2.45. The number of likely N-dealkylation sites (N-methyl/N-ethyl adjacent to an activating group) is 1. The van der Waals surface area contributed by atoms with Gasteiger partial charge in [-0.3, -0.25) is 0 Å². The largest absolute Gasteiger partial charge is 0.444 e. The lowest BCUT2D eigenvalue weighted by Crippen LogP contribution is -2.44. The molecule has 2 heterocycles. The Morgan fingerprint density at radius 3 is 2.79 bits per heavy atom. The van der Waals surface area contributed by atoms with E-state index in [4.69, 9.17) is 9.47 Å². The van der Waals surface area contributed by atoms with Gasteiger partial charge in [-0.2, -0.15) is 0 Å². The molecule has 0 unspecified atom stereocenters. The van der Waals surface area contributed by atoms with E-state index in [0.717, 1.165) is 25.9 Å². The standard InChI is InChI=1S/C14H26N2O3/c1-5-16(12(17)19-13(2,3)4)11-8-14(18-9-11)6-7-15-10-14/h11,15H,5-10H2,1-4H3/t11-,14-/m1/s1. The van der Waals surface area contributed by atoms with Crippen LogP contribution in [0, 0.1) is 0 Å². The second kappa shape index (κ2) is 5.29. The molecule has 0 aromatic carbocycles. The van der Waals surface area contributed by atoms with Crippen LogP contribution in [0.4, 0.5) is 4.79 Å². The lowest BCUT2D eigenvalue weighted by atomic mass is 9.96. The normalized spacial score (nSPS) is 30.8. The number of carbonyl (C=O) groups is 1. The van der Waals surface area contributed by atoms with E-state index in [1.54, 1.807) is 4.90 Å². The Hall–Kier alpha value is -0.810. The Morgan fingerprint density at radius 2 is 2.26 bits per heavy atom. The number of nitrogens with zero attached hydrogens (tertiary/aromatic N) is 1. The van der Waals surface area contributed by atoms with E-state index >= 15 is 0 Å². The fourth-order valence-corrected chi connectivity index (χ4v) is 2.90. The van der Waals surface area contributed by atoms with Crippen LogP contribution in [0.2, 0.25) is 0 Å². The van der Waals surface area contributed by atoms with Gasteiger partial charge in [-0.15, -0.1) is 0 Å². The quantitative estimate of drug-likeness (QED) is 0.831. The smallest absolute Gasteiger partial charge is 0.410 e. The molecule has 2 fully saturated rings. The molecule has 5 nitrogen and oxygen atoms in total. The van der Waals surface area contributed by atoms with Gasteiger partial charge in [-0.25, -0.2) is 4.79 Å². The van der Waals surface area contributed by atoms with Crippen molar-refractivity contribution in [2.75, 3.05) is 26.2 Å². The maximum absolute atomic E-state index is 12.2. The van der Waals surface area contributed by atoms with Gasteiger partial charge in [0, 0.05) is 19.5 Å². The summed E-state index contributed by atoms with van der Waals surface area (Å²) in [5, 5.41) is 3.34. The Morgan fingerprint density at radius 1 is 1.53 bits per heavy atom. The molecular formula is C14H26N2O3. The molecule has 1 spiro atoms. The summed E-state index contributed by atoms with van der Waals surface area (Å²) in [5.41, 5.74) is -0.503. The first kappa shape index (κ1) is 14.6. The molecule has 2 rings (SSSR count). The SMILES string of the molecule is CCN(C(=O)OC(C)(C)C)[C@H]1CO[C@]2(CCNC2)C1. The van der Waals surface area contributed by atoms with Crippen LogP contribution in [0.15, 0.2) is 0 Å². The van der Waals surface area contributed by atoms with Crippen molar-refractivity contribution in [2.45, 2.75) is 57.8 Å². The minimum atomic E-state index is -0.448. The van der Waals surface area contributed by atoms with E-state index in [2.05, 4.69) is 5.32 Å². The molecule has 2 aliphatic rings. The topological polar surface area (TPSA) is 50.8 Å². The van der Waals surface area contributed by atoms with Crippen LogP contribution < -0.4 is 5.32 Å². The van der Waals surface area contributed by atoms with Crippen molar-refractivity contribution in [1.29, 1.82) is 0 Å². The van der Waals surface area contributed by atoms with E-state index in [0.29, 0.717) is 13.2 Å². The summed E-state index contributed by atoms with van der Waals surface area (Å²) >= 11 is 0. The average molecular weight is 270 g/mol. The first-order chi connectivity index (χ1) is 8.85. The van der Waals surface area contributed by atoms with Crippen LogP contribution in [0.3, 0.4) is 0 Å². The highest BCUT2D eigenvalue weighted by molar-refractivity contribution is 5.68. The molecule has 0 aliphatic carbocycles. The van der Waals surface area contributed by atoms with Gasteiger partial charge >= 0.3 is 6.09 Å². The summed E-state index contributed by atoms with van der Waals surface area (Å²) in [6, 6.07) is 0.139. The fourth-order valence-electron chi connectivity index (χ4n) is 2.90. The lowest BCUT2D eigenvalue weighted by Gasteiger charge is -2.30. The van der Waals surface area contributed by atoms with Crippen LogP contribution in [0.5, 0.6) is 0 Å². The van der Waals surface area contributed by atoms with Gasteiger partial charge in [0.15, 0.2) is 0 Å². The van der Waals surface area contributed by atoms with Crippen LogP contribution in [-0.2, 0) is 9.47 Å². The molecule has 1 amide bonds. The van der Waals surface area contributed by atoms with Gasteiger partial charge in [0.1, 0.15) is 5.60 Å². The van der Waals surface area contributed by atoms with Crippen molar-refractivity contribution in [3.05, 3.63) is 0 Å². The second-order valence-corrected chi connectivity index (χ2v) is 6.55. The summed E-state index contributed by atoms with van der Waals surface area (Å²) in [4.78, 5) is 14.0. The summed E-state index contributed by atoms with van der Waals surface area (Å²) in [6.45, 7) is 10.9. The van der Waals surface area contributed by atoms with E-state index in [1.807, 2.05) is 27.7 Å². The molecular weight excluding hydrogens is 244 g/mol. The Labute approximate surface area is 115 Å². The third-order valence-corrected chi connectivity index (χ3v) is 3.80. The Balaban J connectivity index is 1.97. The molecule has 110 valence electrons. The zero-order valence-electron chi connectivity index (χ0n) is 12.5. The predicted molar refractivity (Wildman–Crippen MR) is 73.2 cm³/mol. The van der Waals surface area contributed by atoms with E-state index in [9.17, 15) is 4.79 Å². The van der Waals surface area contributed by atoms with Crippen LogP contribution in [0.25, 0.3) is 0 Å². The first-order valence-electron chi connectivity index (χ1n) is 7.19. The van der Waals surface area contributed by atoms with Gasteiger partial charge < -0.3 is 19.7 Å². The maximum Gasteiger partial charge on any atom is 0.410 e. The molecule has 2 atom stereocenters. The number of rotatable bonds is 2. The van der Waals surface area contributed by atoms with Gasteiger partial charge in [0.25, 0.3) is 0 Å². The summed E-state index contributed by atoms with van der Waals surface area (Å²) < 4.78 is 11.4. The molecule has 0 saturated carbocycles. The Kier molecular flexibility index (Phi) is 4.06. The third kappa shape index (κ3) is 3.39. The third-order valence-electron chi connectivity index (χ3n) is 3.80. The van der Waals surface area contributed by atoms with E-state index in [-0.39, 0.29) is 17.7 Å². The molecule has 2 saturated heterocycles. The molecule has 5 heteroatoms. The zero-order valence-corrected chi connectivity index (χ0v) is 12.5. The number of hydrogen-bond donors (Lipinski definition) is 1. The van der Waals surface area contributed by atoms with Crippen molar-refractivity contribution in [3.63, 3.8) is 0 Å². The van der Waals surface area contributed by atoms with Crippen molar-refractivity contribution >= 4 is 6.09 Å². The van der Waals surface area contributed by atoms with Crippen molar-refractivity contribution in [3.8, 4) is 0 Å². The summed E-state index contributed by atoms with van der Waals surface area (Å²) in [6.07, 6.45) is 1.72. The number of ether oxygens (including phenoxy) is 2. The average Bonchev–Trinajstić information content (AvgIpc) is 2.89. The monoisotopic (exact) mass is 270 g/mol. The first-order valence-corrected chi connectivity index (χ1v) is 7.19. The molecule has 0 aromatic rings. The fraction of sp³-hybridized carbons (Fsp3) is 0.929. The van der Waals surface area contributed by atoms with Gasteiger partial charge in [0.2, 0.25) is 0 Å². The molecule has 0 aromatic heterocycles. The second-order valence-electron chi connectivity index (χ2n) is 6.55. The van der Waals surface area contributed by atoms with Crippen LogP contribution in [0.1, 0.15) is 40.5 Å². The van der Waals surface area contributed by atoms with E-state index in [1.165, 1.54) is 0 Å². The highest BCUT2D eigenvalue weighted by Crippen LogP contribution is 2.34. The van der Waals surface area contributed by atoms with Crippen LogP contribution >= 0.6 is 0 Å². The molecule has 0 bridgehead atoms. The number of nitrogens with one attached hydrogen (secondary N) is 1. The maximum atomic E-state index is 12.2. The minimum Gasteiger partial charge on any atom is -0.444 e. The van der Waals surface area contributed by atoms with Crippen molar-refractivity contribution < 1.29 is 14.3 Å². The zero-order chi connectivity index (χ0) is 14.1. The molecule has 1 N–H and O–H groups in total. The van der Waals surface area contributed by atoms with Crippen molar-refractivity contribution in [1.82, 2.24) is 10.2 Å². The summed E-state index contributed by atoms with van der Waals surface area (Å²) in [5.74, 6) is 0. The van der Waals surface area contributed by atoms with Gasteiger partial charge in [0.05, 0.1) is 18.2 Å². The molecule has 2 aliphatic heterocycles. The number of carbonyl (C=O) groups excluding carboxylic acids is 1. The van der Waals surface area contributed by atoms with Gasteiger partial charge in [-0.05, 0) is 40.7 Å². The summed E-state index contributed by atoms with van der Waals surface area (Å²) in [7, 11) is 0. The predicted octanol–water partition coefficient (Wildman–Crippen LogP) is 1.76. The molecule has 19 heavy (non-hydrogen) atoms. The van der Waals surface area contributed by atoms with Crippen molar-refractivity contribution in [2.24, 2.45) is 0 Å².